The summed E-state index contributed by atoms with van der Waals surface area (Å²) in [5, 5.41) is 2.01. The first kappa shape index (κ1) is 14.6. The molecule has 20 heavy (non-hydrogen) atoms. The molecule has 0 saturated carbocycles. The van der Waals surface area contributed by atoms with E-state index in [1.807, 2.05) is 18.2 Å². The molecule has 1 aromatic carbocycles. The third kappa shape index (κ3) is 3.86. The van der Waals surface area contributed by atoms with Gasteiger partial charge in [-0.2, -0.15) is 0 Å². The summed E-state index contributed by atoms with van der Waals surface area (Å²) in [7, 11) is 0. The average molecular weight is 272 g/mol. The number of nitrogens with zero attached hydrogens (tertiary/aromatic N) is 1. The van der Waals surface area contributed by atoms with E-state index in [1.165, 1.54) is 32.1 Å². The lowest BCUT2D eigenvalue weighted by atomic mass is 10.1. The van der Waals surface area contributed by atoms with Gasteiger partial charge in [0.05, 0.1) is 6.61 Å². The summed E-state index contributed by atoms with van der Waals surface area (Å²) in [6.07, 6.45) is 11.2. The zero-order valence-corrected chi connectivity index (χ0v) is 12.3. The summed E-state index contributed by atoms with van der Waals surface area (Å²) in [4.78, 5) is 4.12. The molecule has 1 aromatic heterocycles. The number of hydrogen-bond donors (Lipinski definition) is 1. The Labute approximate surface area is 121 Å². The molecule has 0 aliphatic heterocycles. The molecule has 0 fully saturated rings. The van der Waals surface area contributed by atoms with Gasteiger partial charge in [0.2, 0.25) is 0 Å². The minimum absolute atomic E-state index is 0.750. The van der Waals surface area contributed by atoms with Gasteiger partial charge in [-0.1, -0.05) is 39.0 Å². The Kier molecular flexibility index (Phi) is 5.66. The summed E-state index contributed by atoms with van der Waals surface area (Å²) in [6.45, 7) is 3.01. The molecule has 0 unspecified atom stereocenters. The summed E-state index contributed by atoms with van der Waals surface area (Å²) >= 11 is 0. The van der Waals surface area contributed by atoms with Crippen LogP contribution in [0.1, 0.15) is 45.4 Å². The number of hydrogen-bond acceptors (Lipinski definition) is 3. The number of aromatic nitrogens is 1. The van der Waals surface area contributed by atoms with Crippen LogP contribution in [-0.2, 0) is 0 Å². The van der Waals surface area contributed by atoms with E-state index in [-0.39, 0.29) is 0 Å². The Hall–Kier alpha value is -1.77. The van der Waals surface area contributed by atoms with Gasteiger partial charge in [0.25, 0.3) is 0 Å². The molecule has 0 aliphatic carbocycles. The van der Waals surface area contributed by atoms with E-state index in [4.69, 9.17) is 10.5 Å². The van der Waals surface area contributed by atoms with Crippen molar-refractivity contribution in [2.24, 2.45) is 0 Å². The zero-order valence-electron chi connectivity index (χ0n) is 12.3. The Bertz CT molecular complexity index is 540. The topological polar surface area (TPSA) is 48.1 Å². The molecule has 0 atom stereocenters. The van der Waals surface area contributed by atoms with Crippen LogP contribution in [0, 0.1) is 0 Å². The van der Waals surface area contributed by atoms with Crippen LogP contribution in [0.15, 0.2) is 30.6 Å². The fourth-order valence-corrected chi connectivity index (χ4v) is 2.37. The van der Waals surface area contributed by atoms with Gasteiger partial charge in [0.15, 0.2) is 0 Å². The highest BCUT2D eigenvalue weighted by atomic mass is 16.5. The third-order valence-electron chi connectivity index (χ3n) is 3.57. The molecule has 0 aliphatic rings. The normalized spacial score (nSPS) is 10.8. The zero-order chi connectivity index (χ0) is 14.2. The largest absolute Gasteiger partial charge is 0.493 e. The average Bonchev–Trinajstić information content (AvgIpc) is 2.49. The number of anilines is 1. The molecule has 0 saturated heterocycles. The van der Waals surface area contributed by atoms with Crippen molar-refractivity contribution in [3.8, 4) is 5.75 Å². The van der Waals surface area contributed by atoms with Crippen LogP contribution in [0.2, 0.25) is 0 Å². The van der Waals surface area contributed by atoms with Gasteiger partial charge in [0, 0.05) is 28.9 Å². The van der Waals surface area contributed by atoms with Gasteiger partial charge in [-0.15, -0.1) is 0 Å². The van der Waals surface area contributed by atoms with Crippen LogP contribution in [-0.4, -0.2) is 11.6 Å². The number of fused-ring (bicyclic) bond motifs is 1. The summed E-state index contributed by atoms with van der Waals surface area (Å²) in [5.41, 5.74) is 6.70. The number of rotatable bonds is 8. The molecule has 3 heteroatoms. The van der Waals surface area contributed by atoms with E-state index >= 15 is 0 Å². The maximum atomic E-state index is 5.95. The quantitative estimate of drug-likeness (QED) is 0.566. The standard InChI is InChI=1S/C17H24N2O/c1-2-3-4-5-6-7-12-20-17-9-8-16(18)15-13-19-11-10-14(15)17/h8-11,13H,2-7,12,18H2,1H3. The van der Waals surface area contributed by atoms with Crippen LogP contribution < -0.4 is 10.5 Å². The van der Waals surface area contributed by atoms with E-state index < -0.39 is 0 Å². The molecule has 0 amide bonds. The second-order valence-electron chi connectivity index (χ2n) is 5.19. The Morgan fingerprint density at radius 1 is 1.00 bits per heavy atom. The van der Waals surface area contributed by atoms with Crippen molar-refractivity contribution in [2.75, 3.05) is 12.3 Å². The Morgan fingerprint density at radius 2 is 1.80 bits per heavy atom. The molecule has 108 valence electrons. The minimum Gasteiger partial charge on any atom is -0.493 e. The minimum atomic E-state index is 0.750. The number of nitrogen functional groups attached to an aromatic ring is 1. The van der Waals surface area contributed by atoms with Crippen molar-refractivity contribution in [1.29, 1.82) is 0 Å². The number of unbranched alkanes of at least 4 members (excludes halogenated alkanes) is 5. The fourth-order valence-electron chi connectivity index (χ4n) is 2.37. The predicted molar refractivity (Wildman–Crippen MR) is 85.0 cm³/mol. The highest BCUT2D eigenvalue weighted by Crippen LogP contribution is 2.29. The van der Waals surface area contributed by atoms with Gasteiger partial charge < -0.3 is 10.5 Å². The highest BCUT2D eigenvalue weighted by molar-refractivity contribution is 5.96. The Morgan fingerprint density at radius 3 is 2.65 bits per heavy atom. The van der Waals surface area contributed by atoms with Crippen LogP contribution >= 0.6 is 0 Å². The van der Waals surface area contributed by atoms with Crippen molar-refractivity contribution < 1.29 is 4.74 Å². The van der Waals surface area contributed by atoms with Gasteiger partial charge >= 0.3 is 0 Å². The first-order valence-corrected chi connectivity index (χ1v) is 7.58. The van der Waals surface area contributed by atoms with Crippen molar-refractivity contribution >= 4 is 16.5 Å². The smallest absolute Gasteiger partial charge is 0.127 e. The molecule has 2 N–H and O–H groups in total. The summed E-state index contributed by atoms with van der Waals surface area (Å²) in [6, 6.07) is 5.80. The molecule has 0 radical (unpaired) electrons. The lowest BCUT2D eigenvalue weighted by Crippen LogP contribution is -1.99. The highest BCUT2D eigenvalue weighted by Gasteiger charge is 2.04. The first-order chi connectivity index (χ1) is 9.83. The summed E-state index contributed by atoms with van der Waals surface area (Å²) in [5.74, 6) is 0.908. The Balaban J connectivity index is 1.86. The molecule has 2 rings (SSSR count). The van der Waals surface area contributed by atoms with Crippen molar-refractivity contribution in [1.82, 2.24) is 4.98 Å². The maximum Gasteiger partial charge on any atom is 0.127 e. The van der Waals surface area contributed by atoms with Crippen molar-refractivity contribution in [3.05, 3.63) is 30.6 Å². The number of ether oxygens (including phenoxy) is 1. The predicted octanol–water partition coefficient (Wildman–Crippen LogP) is 4.56. The van der Waals surface area contributed by atoms with Crippen molar-refractivity contribution in [2.45, 2.75) is 45.4 Å². The van der Waals surface area contributed by atoms with E-state index in [1.54, 1.807) is 12.4 Å². The monoisotopic (exact) mass is 272 g/mol. The van der Waals surface area contributed by atoms with Crippen molar-refractivity contribution in [3.63, 3.8) is 0 Å². The molecular weight excluding hydrogens is 248 g/mol. The molecule has 0 spiro atoms. The second-order valence-corrected chi connectivity index (χ2v) is 5.19. The molecule has 2 aromatic rings. The maximum absolute atomic E-state index is 5.95. The number of pyridine rings is 1. The third-order valence-corrected chi connectivity index (χ3v) is 3.57. The number of nitrogens with two attached hydrogens (primary N) is 1. The fraction of sp³-hybridized carbons (Fsp3) is 0.471. The van der Waals surface area contributed by atoms with E-state index in [2.05, 4.69) is 11.9 Å². The van der Waals surface area contributed by atoms with Gasteiger partial charge in [0.1, 0.15) is 5.75 Å². The van der Waals surface area contributed by atoms with E-state index in [0.717, 1.165) is 35.2 Å². The molecular formula is C17H24N2O. The SMILES string of the molecule is CCCCCCCCOc1ccc(N)c2cnccc12. The number of benzene rings is 1. The molecule has 1 heterocycles. The molecule has 3 nitrogen and oxygen atoms in total. The van der Waals surface area contributed by atoms with Crippen LogP contribution in [0.3, 0.4) is 0 Å². The second kappa shape index (κ2) is 7.73. The lowest BCUT2D eigenvalue weighted by molar-refractivity contribution is 0.308. The van der Waals surface area contributed by atoms with Gasteiger partial charge in [-0.3, -0.25) is 4.98 Å². The van der Waals surface area contributed by atoms with Crippen LogP contribution in [0.4, 0.5) is 5.69 Å². The first-order valence-electron chi connectivity index (χ1n) is 7.58. The van der Waals surface area contributed by atoms with Gasteiger partial charge in [-0.05, 0) is 24.6 Å². The lowest BCUT2D eigenvalue weighted by Gasteiger charge is -2.10. The van der Waals surface area contributed by atoms with Gasteiger partial charge in [-0.25, -0.2) is 0 Å². The van der Waals surface area contributed by atoms with Crippen LogP contribution in [0.5, 0.6) is 5.75 Å². The summed E-state index contributed by atoms with van der Waals surface area (Å²) < 4.78 is 5.90. The molecule has 0 bridgehead atoms. The van der Waals surface area contributed by atoms with Crippen LogP contribution in [0.25, 0.3) is 10.8 Å². The van der Waals surface area contributed by atoms with E-state index in [0.29, 0.717) is 0 Å². The van der Waals surface area contributed by atoms with E-state index in [9.17, 15) is 0 Å².